The number of rotatable bonds is 4. The summed E-state index contributed by atoms with van der Waals surface area (Å²) in [5.74, 6) is 0. The van der Waals surface area contributed by atoms with Crippen LogP contribution < -0.4 is 5.43 Å². The molecule has 0 atom stereocenters. The summed E-state index contributed by atoms with van der Waals surface area (Å²) >= 11 is 0. The van der Waals surface area contributed by atoms with Gasteiger partial charge in [-0.25, -0.2) is 0 Å². The van der Waals surface area contributed by atoms with Crippen LogP contribution in [0.1, 0.15) is 39.5 Å². The van der Waals surface area contributed by atoms with Crippen molar-refractivity contribution in [3.63, 3.8) is 0 Å². The van der Waals surface area contributed by atoms with Crippen molar-refractivity contribution in [2.24, 2.45) is 10.5 Å². The lowest BCUT2D eigenvalue weighted by molar-refractivity contribution is -0.393. The molecule has 0 saturated heterocycles. The van der Waals surface area contributed by atoms with Crippen molar-refractivity contribution < 1.29 is 9.85 Å². The second-order valence-corrected chi connectivity index (χ2v) is 6.76. The lowest BCUT2D eigenvalue weighted by atomic mass is 9.84. The molecule has 1 N–H and O–H groups in total. The van der Waals surface area contributed by atoms with Crippen LogP contribution in [0, 0.1) is 25.6 Å². The fourth-order valence-corrected chi connectivity index (χ4v) is 3.55. The van der Waals surface area contributed by atoms with Crippen LogP contribution in [0.15, 0.2) is 34.4 Å². The summed E-state index contributed by atoms with van der Waals surface area (Å²) in [6, 6.07) is 3.50. The van der Waals surface area contributed by atoms with E-state index in [2.05, 4.69) is 24.4 Å². The highest BCUT2D eigenvalue weighted by molar-refractivity contribution is 6.05. The van der Waals surface area contributed by atoms with E-state index in [-0.39, 0.29) is 22.5 Å². The van der Waals surface area contributed by atoms with E-state index in [0.717, 1.165) is 37.5 Å². The molecule has 0 saturated carbocycles. The van der Waals surface area contributed by atoms with Crippen molar-refractivity contribution in [3.8, 4) is 0 Å². The summed E-state index contributed by atoms with van der Waals surface area (Å²) < 4.78 is 0. The normalized spacial score (nSPS) is 20.3. The topological polar surface area (TPSA) is 111 Å². The molecule has 126 valence electrons. The Labute approximate surface area is 138 Å². The lowest BCUT2D eigenvalue weighted by Crippen LogP contribution is -2.12. The van der Waals surface area contributed by atoms with E-state index in [1.165, 1.54) is 23.3 Å². The number of non-ortho nitro benzene ring substituents is 1. The molecule has 0 unspecified atom stereocenters. The maximum atomic E-state index is 11.2. The van der Waals surface area contributed by atoms with Crippen molar-refractivity contribution >= 4 is 22.8 Å². The fourth-order valence-electron chi connectivity index (χ4n) is 3.55. The largest absolute Gasteiger partial charge is 0.301 e. The van der Waals surface area contributed by atoms with Crippen LogP contribution in [-0.2, 0) is 0 Å². The van der Waals surface area contributed by atoms with Crippen LogP contribution in [0.4, 0.5) is 17.1 Å². The van der Waals surface area contributed by atoms with Crippen molar-refractivity contribution in [3.05, 3.63) is 49.6 Å². The number of hydrazone groups is 1. The summed E-state index contributed by atoms with van der Waals surface area (Å²) in [7, 11) is 0. The second kappa shape index (κ2) is 5.70. The lowest BCUT2D eigenvalue weighted by Gasteiger charge is -2.20. The molecule has 24 heavy (non-hydrogen) atoms. The number of allylic oxidation sites excluding steroid dienone is 2. The first kappa shape index (κ1) is 16.1. The molecule has 0 amide bonds. The van der Waals surface area contributed by atoms with Crippen molar-refractivity contribution in [1.29, 1.82) is 0 Å². The van der Waals surface area contributed by atoms with Crippen molar-refractivity contribution in [2.45, 2.75) is 39.5 Å². The molecule has 0 fully saturated rings. The number of nitrogens with zero attached hydrogens (tertiary/aromatic N) is 3. The summed E-state index contributed by atoms with van der Waals surface area (Å²) in [4.78, 5) is 20.6. The second-order valence-electron chi connectivity index (χ2n) is 6.76. The zero-order valence-electron chi connectivity index (χ0n) is 13.5. The van der Waals surface area contributed by atoms with Gasteiger partial charge in [0.1, 0.15) is 5.69 Å². The Balaban J connectivity index is 1.90. The molecule has 2 aliphatic rings. The van der Waals surface area contributed by atoms with Gasteiger partial charge in [-0.1, -0.05) is 19.4 Å². The minimum absolute atomic E-state index is 0.0771. The van der Waals surface area contributed by atoms with E-state index in [1.54, 1.807) is 0 Å². The summed E-state index contributed by atoms with van der Waals surface area (Å²) in [5.41, 5.74) is 5.93. The quantitative estimate of drug-likeness (QED) is 0.657. The Morgan fingerprint density at radius 1 is 1.17 bits per heavy atom. The zero-order chi connectivity index (χ0) is 17.5. The minimum Gasteiger partial charge on any atom is -0.271 e. The van der Waals surface area contributed by atoms with Gasteiger partial charge in [-0.05, 0) is 36.3 Å². The maximum Gasteiger partial charge on any atom is 0.301 e. The molecule has 1 aromatic rings. The van der Waals surface area contributed by atoms with Gasteiger partial charge < -0.3 is 0 Å². The summed E-state index contributed by atoms with van der Waals surface area (Å²) in [6.07, 6.45) is 3.98. The molecule has 8 heteroatoms. The number of benzene rings is 1. The molecule has 0 heterocycles. The Kier molecular flexibility index (Phi) is 3.82. The van der Waals surface area contributed by atoms with Gasteiger partial charge in [-0.15, -0.1) is 0 Å². The van der Waals surface area contributed by atoms with Crippen LogP contribution in [0.2, 0.25) is 0 Å². The first-order valence-corrected chi connectivity index (χ1v) is 7.78. The van der Waals surface area contributed by atoms with Crippen LogP contribution >= 0.6 is 0 Å². The Bertz CT molecular complexity index is 795. The number of nitro benzene ring substituents is 2. The molecule has 0 aromatic heterocycles. The van der Waals surface area contributed by atoms with E-state index in [9.17, 15) is 20.2 Å². The molecule has 0 aliphatic heterocycles. The number of nitrogens with one attached hydrogen (secondary N) is 1. The van der Waals surface area contributed by atoms with Gasteiger partial charge in [0.05, 0.1) is 21.6 Å². The van der Waals surface area contributed by atoms with Crippen LogP contribution in [0.5, 0.6) is 0 Å². The first-order chi connectivity index (χ1) is 11.3. The predicted molar refractivity (Wildman–Crippen MR) is 90.1 cm³/mol. The number of hydrogen-bond donors (Lipinski definition) is 1. The van der Waals surface area contributed by atoms with E-state index in [4.69, 9.17) is 0 Å². The average molecular weight is 330 g/mol. The highest BCUT2D eigenvalue weighted by Crippen LogP contribution is 2.48. The monoisotopic (exact) mass is 330 g/mol. The third kappa shape index (κ3) is 2.75. The third-order valence-electron chi connectivity index (χ3n) is 4.69. The van der Waals surface area contributed by atoms with Crippen molar-refractivity contribution in [2.75, 3.05) is 5.43 Å². The average Bonchev–Trinajstić information content (AvgIpc) is 3.08. The molecule has 2 aliphatic carbocycles. The minimum atomic E-state index is -0.655. The van der Waals surface area contributed by atoms with Crippen LogP contribution in [0.25, 0.3) is 0 Å². The van der Waals surface area contributed by atoms with Crippen molar-refractivity contribution in [1.82, 2.24) is 0 Å². The highest BCUT2D eigenvalue weighted by Gasteiger charge is 2.38. The molecule has 0 radical (unpaired) electrons. The molecule has 0 spiro atoms. The van der Waals surface area contributed by atoms with Crippen LogP contribution in [-0.4, -0.2) is 15.6 Å². The number of hydrogen-bond acceptors (Lipinski definition) is 6. The van der Waals surface area contributed by atoms with Gasteiger partial charge in [0, 0.05) is 12.5 Å². The zero-order valence-corrected chi connectivity index (χ0v) is 13.5. The maximum absolute atomic E-state index is 11.2. The molecule has 1 aromatic carbocycles. The third-order valence-corrected chi connectivity index (χ3v) is 4.69. The SMILES string of the molecule is CC1(C)C/C(=N\Nc2ccc([N+](=O)[O-])cc2[N+](=O)[O-])C2=C1CCC2. The molecule has 3 rings (SSSR count). The summed E-state index contributed by atoms with van der Waals surface area (Å²) in [6.45, 7) is 4.37. The van der Waals surface area contributed by atoms with Gasteiger partial charge in [-0.3, -0.25) is 25.7 Å². The molecule has 0 bridgehead atoms. The first-order valence-electron chi connectivity index (χ1n) is 7.78. The van der Waals surface area contributed by atoms with E-state index in [1.807, 2.05) is 0 Å². The van der Waals surface area contributed by atoms with E-state index in [0.29, 0.717) is 0 Å². The fraction of sp³-hybridized carbons (Fsp3) is 0.438. The Morgan fingerprint density at radius 3 is 2.58 bits per heavy atom. The summed E-state index contributed by atoms with van der Waals surface area (Å²) in [5, 5.41) is 26.3. The molecular weight excluding hydrogens is 312 g/mol. The smallest absolute Gasteiger partial charge is 0.271 e. The van der Waals surface area contributed by atoms with E-state index < -0.39 is 9.85 Å². The van der Waals surface area contributed by atoms with Gasteiger partial charge in [0.25, 0.3) is 5.69 Å². The number of nitro groups is 2. The van der Waals surface area contributed by atoms with Gasteiger partial charge >= 0.3 is 5.69 Å². The highest BCUT2D eigenvalue weighted by atomic mass is 16.6. The Hall–Kier alpha value is -2.77. The van der Waals surface area contributed by atoms with Crippen LogP contribution in [0.3, 0.4) is 0 Å². The van der Waals surface area contributed by atoms with Gasteiger partial charge in [-0.2, -0.15) is 5.10 Å². The Morgan fingerprint density at radius 2 is 1.92 bits per heavy atom. The standard InChI is InChI=1S/C16H18N4O4/c1-16(2)9-14(11-4-3-5-12(11)16)18-17-13-7-6-10(19(21)22)8-15(13)20(23)24/h6-8,17H,3-5,9H2,1-2H3/b18-14+. The predicted octanol–water partition coefficient (Wildman–Crippen LogP) is 4.18. The van der Waals surface area contributed by atoms with E-state index >= 15 is 0 Å². The number of anilines is 1. The van der Waals surface area contributed by atoms with Gasteiger partial charge in [0.15, 0.2) is 0 Å². The molecule has 8 nitrogen and oxygen atoms in total. The van der Waals surface area contributed by atoms with Gasteiger partial charge in [0.2, 0.25) is 0 Å². The molecular formula is C16H18N4O4.